The van der Waals surface area contributed by atoms with Gasteiger partial charge in [-0.05, 0) is 81.7 Å². The van der Waals surface area contributed by atoms with Gasteiger partial charge in [0.15, 0.2) is 5.78 Å². The summed E-state index contributed by atoms with van der Waals surface area (Å²) in [6.45, 7) is 25.7. The van der Waals surface area contributed by atoms with Gasteiger partial charge in [-0.25, -0.2) is 0 Å². The van der Waals surface area contributed by atoms with Crippen LogP contribution in [-0.2, 0) is 37.7 Å². The zero-order valence-electron chi connectivity index (χ0n) is 31.5. The van der Waals surface area contributed by atoms with Gasteiger partial charge in [-0.15, -0.1) is 34.9 Å². The molecule has 0 aliphatic carbocycles. The molecule has 48 heavy (non-hydrogen) atoms. The molecular weight excluding hydrogens is 767 g/mol. The van der Waals surface area contributed by atoms with Crippen LogP contribution < -0.4 is 0 Å². The summed E-state index contributed by atoms with van der Waals surface area (Å²) in [7, 11) is 0. The molecule has 263 valence electrons. The topological polar surface area (TPSA) is 50.2 Å². The SMILES string of the molecule is CC(C)C(C(=O)/C=C(\O)C(C(C)C)C(C)C)C(C)C.CC(C)Cc1[c-]c(-c2nccc3c2ccc2ccccc23)cc(CC(C)C)c1.[Ir]. The second-order valence-corrected chi connectivity index (χ2v) is 15.7. The van der Waals surface area contributed by atoms with E-state index in [1.807, 2.05) is 6.20 Å². The maximum atomic E-state index is 12.3. The Morgan fingerprint density at radius 1 is 0.708 bits per heavy atom. The summed E-state index contributed by atoms with van der Waals surface area (Å²) in [5.74, 6) is 2.87. The summed E-state index contributed by atoms with van der Waals surface area (Å²) in [5.41, 5.74) is 4.84. The number of hydrogen-bond acceptors (Lipinski definition) is 3. The molecule has 0 fully saturated rings. The average molecular weight is 827 g/mol. The van der Waals surface area contributed by atoms with Gasteiger partial charge in [0.1, 0.15) is 0 Å². The van der Waals surface area contributed by atoms with E-state index < -0.39 is 0 Å². The number of pyridine rings is 1. The molecule has 0 atom stereocenters. The molecular formula is C44H60IrNO2-. The van der Waals surface area contributed by atoms with E-state index >= 15 is 0 Å². The molecule has 3 aromatic carbocycles. The molecule has 4 aromatic rings. The molecule has 3 nitrogen and oxygen atoms in total. The van der Waals surface area contributed by atoms with E-state index in [0.717, 1.165) is 24.1 Å². The number of hydrogen-bond donors (Lipinski definition) is 1. The summed E-state index contributed by atoms with van der Waals surface area (Å²) in [6, 6.07) is 23.4. The van der Waals surface area contributed by atoms with Gasteiger partial charge in [0.05, 0.1) is 5.76 Å². The molecule has 1 N–H and O–H groups in total. The number of aliphatic hydroxyl groups is 1. The zero-order chi connectivity index (χ0) is 35.0. The number of carbonyl (C=O) groups is 1. The van der Waals surface area contributed by atoms with Crippen LogP contribution in [0.2, 0.25) is 0 Å². The molecule has 0 saturated heterocycles. The van der Waals surface area contributed by atoms with Crippen molar-refractivity contribution in [2.45, 2.75) is 95.9 Å². The fraction of sp³-hybridized carbons (Fsp3) is 0.500. The Balaban J connectivity index is 0.000000355. The minimum Gasteiger partial charge on any atom is -0.512 e. The number of allylic oxidation sites excluding steroid dienone is 2. The van der Waals surface area contributed by atoms with Crippen molar-refractivity contribution in [3.05, 3.63) is 89.8 Å². The van der Waals surface area contributed by atoms with Gasteiger partial charge in [0, 0.05) is 44.2 Å². The predicted octanol–water partition coefficient (Wildman–Crippen LogP) is 12.1. The Morgan fingerprint density at radius 2 is 1.29 bits per heavy atom. The maximum Gasteiger partial charge on any atom is 0.162 e. The van der Waals surface area contributed by atoms with E-state index in [-0.39, 0.29) is 43.5 Å². The second-order valence-electron chi connectivity index (χ2n) is 15.7. The molecule has 0 spiro atoms. The maximum absolute atomic E-state index is 12.3. The third kappa shape index (κ3) is 11.1. The van der Waals surface area contributed by atoms with Crippen LogP contribution in [0.5, 0.6) is 0 Å². The number of rotatable bonds is 12. The van der Waals surface area contributed by atoms with E-state index in [4.69, 9.17) is 4.98 Å². The van der Waals surface area contributed by atoms with E-state index in [1.165, 1.54) is 38.7 Å². The first kappa shape index (κ1) is 41.4. The van der Waals surface area contributed by atoms with E-state index in [0.29, 0.717) is 35.5 Å². The molecule has 0 aliphatic heterocycles. The number of ketones is 1. The minimum absolute atomic E-state index is 0. The fourth-order valence-corrected chi connectivity index (χ4v) is 7.33. The zero-order valence-corrected chi connectivity index (χ0v) is 33.9. The van der Waals surface area contributed by atoms with Gasteiger partial charge in [0.2, 0.25) is 0 Å². The number of aliphatic hydroxyl groups excluding tert-OH is 1. The van der Waals surface area contributed by atoms with Crippen molar-refractivity contribution < 1.29 is 30.0 Å². The fourth-order valence-electron chi connectivity index (χ4n) is 7.33. The van der Waals surface area contributed by atoms with Gasteiger partial charge >= 0.3 is 0 Å². The quantitative estimate of drug-likeness (QED) is 0.0670. The third-order valence-corrected chi connectivity index (χ3v) is 9.02. The Bertz CT molecular complexity index is 1600. The van der Waals surface area contributed by atoms with Gasteiger partial charge < -0.3 is 10.1 Å². The van der Waals surface area contributed by atoms with Gasteiger partial charge in [-0.3, -0.25) is 4.79 Å². The van der Waals surface area contributed by atoms with Crippen LogP contribution in [-0.4, -0.2) is 15.9 Å². The molecule has 4 rings (SSSR count). The van der Waals surface area contributed by atoms with Crippen molar-refractivity contribution in [3.8, 4) is 11.3 Å². The smallest absolute Gasteiger partial charge is 0.162 e. The van der Waals surface area contributed by atoms with E-state index in [2.05, 4.69) is 144 Å². The van der Waals surface area contributed by atoms with Crippen molar-refractivity contribution in [1.82, 2.24) is 4.98 Å². The van der Waals surface area contributed by atoms with Crippen LogP contribution in [0.25, 0.3) is 32.8 Å². The Kier molecular flexibility index (Phi) is 16.2. The number of benzene rings is 3. The van der Waals surface area contributed by atoms with Crippen molar-refractivity contribution in [2.24, 2.45) is 47.3 Å². The second kappa shape index (κ2) is 18.8. The Morgan fingerprint density at radius 3 is 1.85 bits per heavy atom. The number of aromatic nitrogens is 1. The van der Waals surface area contributed by atoms with Crippen LogP contribution >= 0.6 is 0 Å². The number of nitrogens with zero attached hydrogens (tertiary/aromatic N) is 1. The molecule has 1 radical (unpaired) electrons. The van der Waals surface area contributed by atoms with Gasteiger partial charge in [-0.1, -0.05) is 119 Å². The van der Waals surface area contributed by atoms with Crippen molar-refractivity contribution >= 4 is 27.3 Å². The molecule has 0 bridgehead atoms. The molecule has 1 aromatic heterocycles. The Hall–Kier alpha value is -2.81. The molecule has 0 unspecified atom stereocenters. The van der Waals surface area contributed by atoms with Crippen molar-refractivity contribution in [2.75, 3.05) is 0 Å². The van der Waals surface area contributed by atoms with Crippen LogP contribution in [0.15, 0.2) is 72.6 Å². The molecule has 0 aliphatic rings. The van der Waals surface area contributed by atoms with Crippen molar-refractivity contribution in [1.29, 1.82) is 0 Å². The summed E-state index contributed by atoms with van der Waals surface area (Å²) < 4.78 is 0. The third-order valence-electron chi connectivity index (χ3n) is 9.02. The summed E-state index contributed by atoms with van der Waals surface area (Å²) >= 11 is 0. The standard InChI is InChI=1S/C27H28N.C17H32O2.Ir/c1-18(2)13-20-15-21(14-19(3)4)17-23(16-20)27-26-10-9-22-7-5-6-8-24(22)25(26)11-12-28-27;1-10(2)16(11(3)4)14(18)9-15(19)17(12(5)6)13(7)8;/h5-12,15-16,18-19H,13-14H2,1-4H3;9-13,16-18H,1-8H3;/q-1;;/b;14-9-;. The Labute approximate surface area is 305 Å². The van der Waals surface area contributed by atoms with E-state index in [1.54, 1.807) is 0 Å². The van der Waals surface area contributed by atoms with Gasteiger partial charge in [-0.2, -0.15) is 0 Å². The largest absolute Gasteiger partial charge is 0.512 e. The van der Waals surface area contributed by atoms with Gasteiger partial charge in [0.25, 0.3) is 0 Å². The molecule has 4 heteroatoms. The minimum atomic E-state index is -0.0119. The number of carbonyl (C=O) groups excluding carboxylic acids is 1. The summed E-state index contributed by atoms with van der Waals surface area (Å²) in [5, 5.41) is 15.3. The average Bonchev–Trinajstić information content (AvgIpc) is 2.95. The normalized spacial score (nSPS) is 12.3. The first-order chi connectivity index (χ1) is 22.1. The summed E-state index contributed by atoms with van der Waals surface area (Å²) in [4.78, 5) is 17.1. The first-order valence-electron chi connectivity index (χ1n) is 17.9. The monoisotopic (exact) mass is 827 g/mol. The van der Waals surface area contributed by atoms with Crippen molar-refractivity contribution in [3.63, 3.8) is 0 Å². The molecule has 0 saturated carbocycles. The molecule has 1 heterocycles. The first-order valence-corrected chi connectivity index (χ1v) is 17.9. The van der Waals surface area contributed by atoms with Crippen LogP contribution in [0.1, 0.15) is 94.2 Å². The van der Waals surface area contributed by atoms with Crippen LogP contribution in [0.4, 0.5) is 0 Å². The van der Waals surface area contributed by atoms with E-state index in [9.17, 15) is 9.90 Å². The molecule has 0 amide bonds. The summed E-state index contributed by atoms with van der Waals surface area (Å²) in [6.07, 6.45) is 5.55. The van der Waals surface area contributed by atoms with Crippen LogP contribution in [0.3, 0.4) is 0 Å². The predicted molar refractivity (Wildman–Crippen MR) is 203 cm³/mol. The van der Waals surface area contributed by atoms with Crippen LogP contribution in [0, 0.1) is 53.4 Å². The number of fused-ring (bicyclic) bond motifs is 3.